The van der Waals surface area contributed by atoms with Gasteiger partial charge in [-0.05, 0) is 12.8 Å². The number of aliphatic hydroxyl groups excluding tert-OH is 2. The number of aliphatic hydroxyl groups is 2. The van der Waals surface area contributed by atoms with E-state index in [1.165, 1.54) is 154 Å². The number of rotatable bonds is 33. The molecule has 40 heavy (non-hydrogen) atoms. The third-order valence-electron chi connectivity index (χ3n) is 8.54. The highest BCUT2D eigenvalue weighted by molar-refractivity contribution is 5.76. The van der Waals surface area contributed by atoms with Gasteiger partial charge < -0.3 is 15.1 Å². The smallest absolute Gasteiger partial charge is 0.222 e. The molecule has 0 spiro atoms. The van der Waals surface area contributed by atoms with Gasteiger partial charge in [-0.15, -0.1) is 0 Å². The molecule has 0 aliphatic heterocycles. The first-order valence-corrected chi connectivity index (χ1v) is 18.2. The topological polar surface area (TPSA) is 60.8 Å². The fraction of sp³-hybridized carbons (Fsp3) is 0.972. The minimum Gasteiger partial charge on any atom is -0.395 e. The number of carbonyl (C=O) groups excluding carboxylic acids is 1. The minimum absolute atomic E-state index is 0.0318. The lowest BCUT2D eigenvalue weighted by Crippen LogP contribution is -2.39. The first-order valence-electron chi connectivity index (χ1n) is 18.2. The summed E-state index contributed by atoms with van der Waals surface area (Å²) in [5.41, 5.74) is 0. The van der Waals surface area contributed by atoms with Crippen molar-refractivity contribution in [3.8, 4) is 0 Å². The highest BCUT2D eigenvalue weighted by atomic mass is 16.3. The lowest BCUT2D eigenvalue weighted by Gasteiger charge is -2.25. The normalized spacial score (nSPS) is 12.2. The summed E-state index contributed by atoms with van der Waals surface area (Å²) < 4.78 is 0. The van der Waals surface area contributed by atoms with Crippen LogP contribution in [0.25, 0.3) is 0 Å². The summed E-state index contributed by atoms with van der Waals surface area (Å²) in [6, 6.07) is 0. The summed E-state index contributed by atoms with van der Waals surface area (Å²) in [6.07, 6.45) is 36.4. The zero-order valence-electron chi connectivity index (χ0n) is 27.5. The number of nitrogens with zero attached hydrogens (tertiary/aromatic N) is 1. The van der Waals surface area contributed by atoms with Crippen molar-refractivity contribution < 1.29 is 15.0 Å². The second-order valence-electron chi connectivity index (χ2n) is 12.6. The Labute approximate surface area is 251 Å². The summed E-state index contributed by atoms with van der Waals surface area (Å²) in [4.78, 5) is 14.4. The van der Waals surface area contributed by atoms with Crippen LogP contribution in [0.5, 0.6) is 0 Å². The SMILES string of the molecule is CCCCCCCCCCCCCCCCC(O)CN(CCO)C(=O)CCCCCCCCCCCCCCC. The maximum atomic E-state index is 12.7. The summed E-state index contributed by atoms with van der Waals surface area (Å²) in [5, 5.41) is 19.9. The van der Waals surface area contributed by atoms with E-state index in [9.17, 15) is 15.0 Å². The molecule has 240 valence electrons. The molecule has 0 bridgehead atoms. The van der Waals surface area contributed by atoms with E-state index in [0.29, 0.717) is 19.5 Å². The average molecular weight is 568 g/mol. The van der Waals surface area contributed by atoms with Gasteiger partial charge in [0.15, 0.2) is 0 Å². The van der Waals surface area contributed by atoms with Crippen LogP contribution < -0.4 is 0 Å². The summed E-state index contributed by atoms with van der Waals surface area (Å²) in [5.74, 6) is 0.0946. The molecule has 0 heterocycles. The molecule has 0 saturated carbocycles. The molecular formula is C36H73NO3. The first-order chi connectivity index (χ1) is 19.7. The average Bonchev–Trinajstić information content (AvgIpc) is 2.95. The Bertz CT molecular complexity index is 498. The Kier molecular flexibility index (Phi) is 32.4. The molecule has 0 aromatic carbocycles. The quantitative estimate of drug-likeness (QED) is 0.0775. The van der Waals surface area contributed by atoms with Gasteiger partial charge in [0.2, 0.25) is 5.91 Å². The van der Waals surface area contributed by atoms with Crippen molar-refractivity contribution in [1.29, 1.82) is 0 Å². The molecule has 0 aromatic rings. The van der Waals surface area contributed by atoms with Crippen LogP contribution in [-0.4, -0.2) is 46.8 Å². The van der Waals surface area contributed by atoms with E-state index in [2.05, 4.69) is 13.8 Å². The van der Waals surface area contributed by atoms with Gasteiger partial charge in [-0.1, -0.05) is 181 Å². The zero-order valence-corrected chi connectivity index (χ0v) is 27.5. The van der Waals surface area contributed by atoms with Crippen LogP contribution in [0.15, 0.2) is 0 Å². The molecule has 2 N–H and O–H groups in total. The lowest BCUT2D eigenvalue weighted by molar-refractivity contribution is -0.133. The number of hydrogen-bond donors (Lipinski definition) is 2. The lowest BCUT2D eigenvalue weighted by atomic mass is 10.0. The Morgan fingerprint density at radius 2 is 0.850 bits per heavy atom. The zero-order chi connectivity index (χ0) is 29.4. The number of amides is 1. The number of hydrogen-bond acceptors (Lipinski definition) is 3. The highest BCUT2D eigenvalue weighted by Crippen LogP contribution is 2.16. The van der Waals surface area contributed by atoms with E-state index in [-0.39, 0.29) is 12.5 Å². The minimum atomic E-state index is -0.473. The molecule has 0 rings (SSSR count). The summed E-state index contributed by atoms with van der Waals surface area (Å²) in [7, 11) is 0. The second kappa shape index (κ2) is 32.9. The van der Waals surface area contributed by atoms with Crippen LogP contribution in [0, 0.1) is 0 Å². The van der Waals surface area contributed by atoms with Gasteiger partial charge in [0, 0.05) is 19.5 Å². The van der Waals surface area contributed by atoms with Crippen molar-refractivity contribution in [3.63, 3.8) is 0 Å². The Balaban J connectivity index is 3.65. The van der Waals surface area contributed by atoms with Crippen LogP contribution in [0.2, 0.25) is 0 Å². The molecule has 4 nitrogen and oxygen atoms in total. The van der Waals surface area contributed by atoms with E-state index in [1.54, 1.807) is 4.90 Å². The number of unbranched alkanes of at least 4 members (excludes halogenated alkanes) is 25. The van der Waals surface area contributed by atoms with Gasteiger partial charge in [-0.25, -0.2) is 0 Å². The van der Waals surface area contributed by atoms with Gasteiger partial charge in [-0.2, -0.15) is 0 Å². The predicted molar refractivity (Wildman–Crippen MR) is 175 cm³/mol. The van der Waals surface area contributed by atoms with Crippen molar-refractivity contribution in [2.45, 2.75) is 206 Å². The molecular weight excluding hydrogens is 494 g/mol. The van der Waals surface area contributed by atoms with Crippen molar-refractivity contribution in [1.82, 2.24) is 4.90 Å². The molecule has 1 unspecified atom stereocenters. The van der Waals surface area contributed by atoms with Crippen LogP contribution in [0.3, 0.4) is 0 Å². The third-order valence-corrected chi connectivity index (χ3v) is 8.54. The molecule has 0 aromatic heterocycles. The van der Waals surface area contributed by atoms with Crippen molar-refractivity contribution in [2.75, 3.05) is 19.7 Å². The maximum Gasteiger partial charge on any atom is 0.222 e. The van der Waals surface area contributed by atoms with Crippen molar-refractivity contribution in [2.24, 2.45) is 0 Å². The van der Waals surface area contributed by atoms with E-state index in [0.717, 1.165) is 25.7 Å². The van der Waals surface area contributed by atoms with Gasteiger partial charge in [-0.3, -0.25) is 4.79 Å². The van der Waals surface area contributed by atoms with E-state index in [4.69, 9.17) is 0 Å². The van der Waals surface area contributed by atoms with E-state index < -0.39 is 6.10 Å². The molecule has 0 fully saturated rings. The van der Waals surface area contributed by atoms with Gasteiger partial charge in [0.25, 0.3) is 0 Å². The Morgan fingerprint density at radius 3 is 1.20 bits per heavy atom. The molecule has 0 radical (unpaired) electrons. The van der Waals surface area contributed by atoms with Crippen LogP contribution in [0.4, 0.5) is 0 Å². The van der Waals surface area contributed by atoms with Crippen molar-refractivity contribution >= 4 is 5.91 Å². The standard InChI is InChI=1S/C36H73NO3/c1-3-5-7-9-11-13-15-17-19-20-22-24-26-28-30-35(39)34-37(32-33-38)36(40)31-29-27-25-23-21-18-16-14-12-10-8-6-4-2/h35,38-39H,3-34H2,1-2H3. The highest BCUT2D eigenvalue weighted by Gasteiger charge is 2.16. The molecule has 4 heteroatoms. The second-order valence-corrected chi connectivity index (χ2v) is 12.6. The monoisotopic (exact) mass is 568 g/mol. The van der Waals surface area contributed by atoms with E-state index in [1.807, 2.05) is 0 Å². The molecule has 0 aliphatic carbocycles. The number of carbonyl (C=O) groups is 1. The fourth-order valence-corrected chi connectivity index (χ4v) is 5.81. The van der Waals surface area contributed by atoms with E-state index >= 15 is 0 Å². The van der Waals surface area contributed by atoms with Crippen LogP contribution >= 0.6 is 0 Å². The third kappa shape index (κ3) is 28.9. The van der Waals surface area contributed by atoms with Gasteiger partial charge in [0.05, 0.1) is 12.7 Å². The largest absolute Gasteiger partial charge is 0.395 e. The van der Waals surface area contributed by atoms with Crippen LogP contribution in [0.1, 0.15) is 200 Å². The molecule has 0 saturated heterocycles. The molecule has 0 aliphatic rings. The van der Waals surface area contributed by atoms with Crippen molar-refractivity contribution in [3.05, 3.63) is 0 Å². The van der Waals surface area contributed by atoms with Gasteiger partial charge in [0.1, 0.15) is 0 Å². The predicted octanol–water partition coefficient (Wildman–Crippen LogP) is 10.5. The van der Waals surface area contributed by atoms with Crippen LogP contribution in [-0.2, 0) is 4.79 Å². The Morgan fingerprint density at radius 1 is 0.525 bits per heavy atom. The van der Waals surface area contributed by atoms with Gasteiger partial charge >= 0.3 is 0 Å². The maximum absolute atomic E-state index is 12.7. The molecule has 1 atom stereocenters. The summed E-state index contributed by atoms with van der Waals surface area (Å²) >= 11 is 0. The first kappa shape index (κ1) is 39.4. The summed E-state index contributed by atoms with van der Waals surface area (Å²) in [6.45, 7) is 5.23. The fourth-order valence-electron chi connectivity index (χ4n) is 5.81. The molecule has 1 amide bonds. The Hall–Kier alpha value is -0.610.